The second-order valence-corrected chi connectivity index (χ2v) is 10.1. The van der Waals surface area contributed by atoms with Crippen molar-refractivity contribution in [1.29, 1.82) is 0 Å². The average molecular weight is 435 g/mol. The van der Waals surface area contributed by atoms with Gasteiger partial charge in [-0.05, 0) is 24.6 Å². The lowest BCUT2D eigenvalue weighted by Crippen LogP contribution is -2.38. The number of benzene rings is 1. The summed E-state index contributed by atoms with van der Waals surface area (Å²) < 4.78 is 38.9. The topological polar surface area (TPSA) is 66.8 Å². The minimum Gasteiger partial charge on any atom is -0.313 e. The fourth-order valence-corrected chi connectivity index (χ4v) is 7.16. The standard InChI is InChI=1S/C15H16BrFN2O3S2/c1-2-3-14(20)18-15-19(11-5-4-9(16)6-10(11)17)12-7-24(21,22)8-13(12)23-15/h4-6,12-13H,2-3,7-8H2,1H3/t12-,13+/m0/s1. The highest BCUT2D eigenvalue weighted by Crippen LogP contribution is 2.42. The van der Waals surface area contributed by atoms with Crippen LogP contribution in [0.1, 0.15) is 19.8 Å². The molecule has 2 atom stereocenters. The molecule has 1 aromatic rings. The van der Waals surface area contributed by atoms with E-state index in [1.807, 2.05) is 6.92 Å². The van der Waals surface area contributed by atoms with E-state index in [0.717, 1.165) is 0 Å². The van der Waals surface area contributed by atoms with E-state index in [4.69, 9.17) is 0 Å². The van der Waals surface area contributed by atoms with E-state index < -0.39 is 21.7 Å². The zero-order valence-electron chi connectivity index (χ0n) is 12.9. The molecule has 2 heterocycles. The number of halogens is 2. The molecule has 130 valence electrons. The lowest BCUT2D eigenvalue weighted by atomic mass is 10.2. The van der Waals surface area contributed by atoms with Crippen molar-refractivity contribution in [3.63, 3.8) is 0 Å². The van der Waals surface area contributed by atoms with Gasteiger partial charge in [0.25, 0.3) is 0 Å². The average Bonchev–Trinajstić information content (AvgIpc) is 2.91. The molecule has 0 N–H and O–H groups in total. The molecule has 0 aliphatic carbocycles. The molecule has 5 nitrogen and oxygen atoms in total. The van der Waals surface area contributed by atoms with Crippen LogP contribution in [0.15, 0.2) is 27.7 Å². The first-order valence-electron chi connectivity index (χ1n) is 7.53. The number of anilines is 1. The first kappa shape index (κ1) is 17.9. The first-order chi connectivity index (χ1) is 11.3. The molecule has 0 unspecified atom stereocenters. The molecule has 1 aromatic carbocycles. The van der Waals surface area contributed by atoms with Crippen LogP contribution in [0.2, 0.25) is 0 Å². The number of carbonyl (C=O) groups is 1. The largest absolute Gasteiger partial charge is 0.313 e. The Balaban J connectivity index is 2.03. The van der Waals surface area contributed by atoms with Gasteiger partial charge in [-0.2, -0.15) is 4.99 Å². The molecule has 1 amide bonds. The van der Waals surface area contributed by atoms with Crippen LogP contribution in [0.25, 0.3) is 0 Å². The van der Waals surface area contributed by atoms with Crippen LogP contribution >= 0.6 is 27.7 Å². The van der Waals surface area contributed by atoms with Crippen molar-refractivity contribution in [3.8, 4) is 0 Å². The van der Waals surface area contributed by atoms with Gasteiger partial charge >= 0.3 is 0 Å². The van der Waals surface area contributed by atoms with Crippen LogP contribution in [0.5, 0.6) is 0 Å². The number of amides is 1. The third-order valence-corrected chi connectivity index (χ3v) is 7.62. The van der Waals surface area contributed by atoms with Crippen LogP contribution in [0.4, 0.5) is 10.1 Å². The van der Waals surface area contributed by atoms with E-state index in [-0.39, 0.29) is 28.4 Å². The fourth-order valence-electron chi connectivity index (χ4n) is 2.90. The lowest BCUT2D eigenvalue weighted by molar-refractivity contribution is -0.117. The molecule has 0 radical (unpaired) electrons. The van der Waals surface area contributed by atoms with Crippen molar-refractivity contribution in [2.24, 2.45) is 4.99 Å². The summed E-state index contributed by atoms with van der Waals surface area (Å²) in [6.07, 6.45) is 0.989. The third-order valence-electron chi connectivity index (χ3n) is 3.92. The number of hydrogen-bond acceptors (Lipinski definition) is 4. The van der Waals surface area contributed by atoms with Gasteiger partial charge in [-0.15, -0.1) is 0 Å². The maximum Gasteiger partial charge on any atom is 0.248 e. The Morgan fingerprint density at radius 2 is 2.21 bits per heavy atom. The van der Waals surface area contributed by atoms with Gasteiger partial charge < -0.3 is 4.90 Å². The molecule has 2 aliphatic rings. The number of hydrogen-bond donors (Lipinski definition) is 0. The summed E-state index contributed by atoms with van der Waals surface area (Å²) in [6, 6.07) is 4.18. The summed E-state index contributed by atoms with van der Waals surface area (Å²) >= 11 is 4.46. The van der Waals surface area contributed by atoms with Crippen LogP contribution in [0.3, 0.4) is 0 Å². The molecule has 9 heteroatoms. The second-order valence-electron chi connectivity index (χ2n) is 5.80. The summed E-state index contributed by atoms with van der Waals surface area (Å²) in [5, 5.41) is 0.158. The van der Waals surface area contributed by atoms with Crippen molar-refractivity contribution in [2.75, 3.05) is 16.4 Å². The van der Waals surface area contributed by atoms with Crippen molar-refractivity contribution >= 4 is 54.3 Å². The van der Waals surface area contributed by atoms with Gasteiger partial charge in [-0.25, -0.2) is 12.8 Å². The summed E-state index contributed by atoms with van der Waals surface area (Å²) in [6.45, 7) is 1.88. The van der Waals surface area contributed by atoms with Gasteiger partial charge in [0.2, 0.25) is 5.91 Å². The number of rotatable bonds is 3. The number of aliphatic imine (C=N–C) groups is 1. The lowest BCUT2D eigenvalue weighted by Gasteiger charge is -2.25. The molecule has 2 fully saturated rings. The Morgan fingerprint density at radius 1 is 1.46 bits per heavy atom. The number of fused-ring (bicyclic) bond motifs is 1. The monoisotopic (exact) mass is 434 g/mol. The van der Waals surface area contributed by atoms with Gasteiger partial charge in [0, 0.05) is 16.1 Å². The van der Waals surface area contributed by atoms with Crippen molar-refractivity contribution < 1.29 is 17.6 Å². The Labute approximate surface area is 152 Å². The smallest absolute Gasteiger partial charge is 0.248 e. The summed E-state index contributed by atoms with van der Waals surface area (Å²) in [7, 11) is -3.16. The van der Waals surface area contributed by atoms with Crippen LogP contribution in [0, 0.1) is 5.82 Å². The van der Waals surface area contributed by atoms with Gasteiger partial charge in [0.05, 0.1) is 23.2 Å². The number of sulfone groups is 1. The van der Waals surface area contributed by atoms with E-state index in [9.17, 15) is 17.6 Å². The number of thioether (sulfide) groups is 1. The normalized spacial score (nSPS) is 26.8. The van der Waals surface area contributed by atoms with Crippen LogP contribution in [-0.2, 0) is 14.6 Å². The predicted molar refractivity (Wildman–Crippen MR) is 97.7 cm³/mol. The van der Waals surface area contributed by atoms with Gasteiger partial charge in [-0.1, -0.05) is 34.6 Å². The minimum atomic E-state index is -3.16. The van der Waals surface area contributed by atoms with E-state index in [1.54, 1.807) is 17.0 Å². The molecule has 0 saturated carbocycles. The summed E-state index contributed by atoms with van der Waals surface area (Å²) in [5.74, 6) is -0.782. The zero-order valence-corrected chi connectivity index (χ0v) is 16.1. The molecular weight excluding hydrogens is 419 g/mol. The summed E-state index contributed by atoms with van der Waals surface area (Å²) in [5.41, 5.74) is 0.248. The second kappa shape index (κ2) is 6.76. The van der Waals surface area contributed by atoms with Crippen LogP contribution < -0.4 is 4.90 Å². The van der Waals surface area contributed by atoms with Crippen molar-refractivity contribution in [3.05, 3.63) is 28.5 Å². The molecule has 2 aliphatic heterocycles. The Morgan fingerprint density at radius 3 is 2.88 bits per heavy atom. The van der Waals surface area contributed by atoms with Gasteiger partial charge in [0.15, 0.2) is 15.0 Å². The Hall–Kier alpha value is -0.930. The maximum atomic E-state index is 14.4. The number of carbonyl (C=O) groups excluding carboxylic acids is 1. The zero-order chi connectivity index (χ0) is 17.5. The molecule has 24 heavy (non-hydrogen) atoms. The van der Waals surface area contributed by atoms with Crippen molar-refractivity contribution in [2.45, 2.75) is 31.1 Å². The third kappa shape index (κ3) is 3.52. The predicted octanol–water partition coefficient (Wildman–Crippen LogP) is 2.99. The Bertz CT molecular complexity index is 813. The molecular formula is C15H16BrFN2O3S2. The van der Waals surface area contributed by atoms with Crippen molar-refractivity contribution in [1.82, 2.24) is 0 Å². The molecule has 0 aromatic heterocycles. The highest BCUT2D eigenvalue weighted by Gasteiger charge is 2.49. The van der Waals surface area contributed by atoms with E-state index in [2.05, 4.69) is 20.9 Å². The van der Waals surface area contributed by atoms with E-state index in [1.165, 1.54) is 17.8 Å². The Kier molecular flexibility index (Phi) is 5.04. The molecule has 0 bridgehead atoms. The quantitative estimate of drug-likeness (QED) is 0.731. The molecule has 3 rings (SSSR count). The van der Waals surface area contributed by atoms with Gasteiger partial charge in [-0.3, -0.25) is 4.79 Å². The fraction of sp³-hybridized carbons (Fsp3) is 0.467. The molecule has 2 saturated heterocycles. The van der Waals surface area contributed by atoms with E-state index >= 15 is 0 Å². The van der Waals surface area contributed by atoms with Crippen LogP contribution in [-0.4, -0.2) is 42.3 Å². The van der Waals surface area contributed by atoms with Gasteiger partial charge in [0.1, 0.15) is 5.82 Å². The first-order valence-corrected chi connectivity index (χ1v) is 11.0. The minimum absolute atomic E-state index is 0.0258. The highest BCUT2D eigenvalue weighted by atomic mass is 79.9. The SMILES string of the molecule is CCCC(=O)N=C1S[C@@H]2CS(=O)(=O)C[C@@H]2N1c1ccc(Br)cc1F. The highest BCUT2D eigenvalue weighted by molar-refractivity contribution is 9.10. The van der Waals surface area contributed by atoms with E-state index in [0.29, 0.717) is 22.5 Å². The number of amidine groups is 1. The molecule has 0 spiro atoms. The maximum absolute atomic E-state index is 14.4. The number of nitrogens with zero attached hydrogens (tertiary/aromatic N) is 2. The summed E-state index contributed by atoms with van der Waals surface area (Å²) in [4.78, 5) is 17.6.